The summed E-state index contributed by atoms with van der Waals surface area (Å²) in [5.41, 5.74) is 7.20. The summed E-state index contributed by atoms with van der Waals surface area (Å²) in [5, 5.41) is 2.97. The fourth-order valence-electron chi connectivity index (χ4n) is 3.37. The maximum atomic E-state index is 12.5. The third kappa shape index (κ3) is 2.60. The standard InChI is InChI=1S/C20H19N3O/c1-13-11-15(7-9-21-13)19-16(12-14-5-3-2-4-6-14)18-17(23-19)8-10-22-20(18)24/h2-7,9,11,23H,8,10,12H2,1H3,(H,22,24). The molecular weight excluding hydrogens is 298 g/mol. The Morgan fingerprint density at radius 3 is 2.79 bits per heavy atom. The van der Waals surface area contributed by atoms with E-state index in [1.165, 1.54) is 5.56 Å². The van der Waals surface area contributed by atoms with Gasteiger partial charge in [0.05, 0.1) is 11.3 Å². The first kappa shape index (κ1) is 14.7. The predicted octanol–water partition coefficient (Wildman–Crippen LogP) is 3.26. The van der Waals surface area contributed by atoms with Crippen molar-refractivity contribution in [3.63, 3.8) is 0 Å². The number of fused-ring (bicyclic) bond motifs is 1. The lowest BCUT2D eigenvalue weighted by Crippen LogP contribution is -2.32. The van der Waals surface area contributed by atoms with Gasteiger partial charge in [0.25, 0.3) is 5.91 Å². The first-order valence-corrected chi connectivity index (χ1v) is 8.21. The second-order valence-corrected chi connectivity index (χ2v) is 6.19. The largest absolute Gasteiger partial charge is 0.357 e. The van der Waals surface area contributed by atoms with E-state index in [0.29, 0.717) is 6.54 Å². The van der Waals surface area contributed by atoms with Crippen LogP contribution in [0, 0.1) is 6.92 Å². The maximum absolute atomic E-state index is 12.5. The highest BCUT2D eigenvalue weighted by Crippen LogP contribution is 2.32. The van der Waals surface area contributed by atoms with E-state index in [1.54, 1.807) is 0 Å². The Kier molecular flexibility index (Phi) is 3.65. The van der Waals surface area contributed by atoms with E-state index in [1.807, 2.05) is 37.4 Å². The third-order valence-corrected chi connectivity index (χ3v) is 4.48. The van der Waals surface area contributed by atoms with Crippen LogP contribution in [0.3, 0.4) is 0 Å². The van der Waals surface area contributed by atoms with Crippen LogP contribution < -0.4 is 5.32 Å². The summed E-state index contributed by atoms with van der Waals surface area (Å²) in [4.78, 5) is 20.3. The van der Waals surface area contributed by atoms with Crippen molar-refractivity contribution in [2.75, 3.05) is 6.54 Å². The van der Waals surface area contributed by atoms with Crippen LogP contribution in [-0.4, -0.2) is 22.4 Å². The third-order valence-electron chi connectivity index (χ3n) is 4.48. The average Bonchev–Trinajstić information content (AvgIpc) is 2.96. The number of benzene rings is 1. The summed E-state index contributed by atoms with van der Waals surface area (Å²) >= 11 is 0. The Morgan fingerprint density at radius 2 is 2.00 bits per heavy atom. The summed E-state index contributed by atoms with van der Waals surface area (Å²) in [6.07, 6.45) is 3.39. The zero-order valence-electron chi connectivity index (χ0n) is 13.6. The Hall–Kier alpha value is -2.88. The number of rotatable bonds is 3. The fourth-order valence-corrected chi connectivity index (χ4v) is 3.37. The molecule has 0 saturated carbocycles. The molecule has 4 rings (SSSR count). The second kappa shape index (κ2) is 5.96. The number of aryl methyl sites for hydroxylation is 1. The smallest absolute Gasteiger partial charge is 0.253 e. The Morgan fingerprint density at radius 1 is 1.17 bits per heavy atom. The van der Waals surface area contributed by atoms with E-state index in [9.17, 15) is 4.79 Å². The summed E-state index contributed by atoms with van der Waals surface area (Å²) in [6, 6.07) is 14.3. The van der Waals surface area contributed by atoms with Crippen molar-refractivity contribution in [1.29, 1.82) is 0 Å². The predicted molar refractivity (Wildman–Crippen MR) is 94.0 cm³/mol. The van der Waals surface area contributed by atoms with E-state index in [0.717, 1.165) is 46.6 Å². The van der Waals surface area contributed by atoms with Gasteiger partial charge in [0.15, 0.2) is 0 Å². The maximum Gasteiger partial charge on any atom is 0.253 e. The molecule has 1 aliphatic rings. The van der Waals surface area contributed by atoms with Crippen molar-refractivity contribution >= 4 is 5.91 Å². The molecule has 1 amide bonds. The molecule has 0 radical (unpaired) electrons. The lowest BCUT2D eigenvalue weighted by molar-refractivity contribution is 0.0945. The molecule has 1 aromatic carbocycles. The molecule has 0 saturated heterocycles. The number of hydrogen-bond donors (Lipinski definition) is 2. The first-order chi connectivity index (χ1) is 11.7. The van der Waals surface area contributed by atoms with Gasteiger partial charge in [0.1, 0.15) is 0 Å². The zero-order valence-corrected chi connectivity index (χ0v) is 13.6. The van der Waals surface area contributed by atoms with Crippen molar-refractivity contribution in [3.05, 3.63) is 76.7 Å². The lowest BCUT2D eigenvalue weighted by atomic mass is 9.95. The second-order valence-electron chi connectivity index (χ2n) is 6.19. The lowest BCUT2D eigenvalue weighted by Gasteiger charge is -2.14. The van der Waals surface area contributed by atoms with Crippen molar-refractivity contribution in [3.8, 4) is 11.3 Å². The number of amides is 1. The number of carbonyl (C=O) groups excluding carboxylic acids is 1. The molecule has 0 spiro atoms. The van der Waals surface area contributed by atoms with Gasteiger partial charge in [-0.25, -0.2) is 0 Å². The Labute approximate surface area is 141 Å². The van der Waals surface area contributed by atoms with Crippen LogP contribution in [0.2, 0.25) is 0 Å². The monoisotopic (exact) mass is 317 g/mol. The van der Waals surface area contributed by atoms with Crippen LogP contribution in [0.1, 0.15) is 32.9 Å². The van der Waals surface area contributed by atoms with Gasteiger partial charge in [-0.15, -0.1) is 0 Å². The van der Waals surface area contributed by atoms with E-state index in [-0.39, 0.29) is 5.91 Å². The average molecular weight is 317 g/mol. The van der Waals surface area contributed by atoms with E-state index >= 15 is 0 Å². The number of nitrogens with zero attached hydrogens (tertiary/aromatic N) is 1. The molecule has 3 aromatic rings. The topological polar surface area (TPSA) is 57.8 Å². The van der Waals surface area contributed by atoms with Crippen LogP contribution in [0.25, 0.3) is 11.3 Å². The molecule has 2 aromatic heterocycles. The normalized spacial score (nSPS) is 13.5. The quantitative estimate of drug-likeness (QED) is 0.779. The minimum atomic E-state index is 0.0236. The minimum absolute atomic E-state index is 0.0236. The molecule has 4 heteroatoms. The summed E-state index contributed by atoms with van der Waals surface area (Å²) in [6.45, 7) is 2.67. The molecule has 4 nitrogen and oxygen atoms in total. The fraction of sp³-hybridized carbons (Fsp3) is 0.200. The zero-order chi connectivity index (χ0) is 16.5. The van der Waals surface area contributed by atoms with Crippen LogP contribution in [-0.2, 0) is 12.8 Å². The van der Waals surface area contributed by atoms with E-state index < -0.39 is 0 Å². The molecule has 24 heavy (non-hydrogen) atoms. The van der Waals surface area contributed by atoms with Gasteiger partial charge in [-0.2, -0.15) is 0 Å². The molecule has 120 valence electrons. The van der Waals surface area contributed by atoms with Crippen molar-refractivity contribution in [2.24, 2.45) is 0 Å². The number of aromatic nitrogens is 2. The van der Waals surface area contributed by atoms with E-state index in [4.69, 9.17) is 0 Å². The number of hydrogen-bond acceptors (Lipinski definition) is 2. The highest BCUT2D eigenvalue weighted by Gasteiger charge is 2.26. The Balaban J connectivity index is 1.88. The highest BCUT2D eigenvalue weighted by molar-refractivity contribution is 6.00. The van der Waals surface area contributed by atoms with Gasteiger partial charge in [-0.05, 0) is 30.2 Å². The highest BCUT2D eigenvalue weighted by atomic mass is 16.1. The molecular formula is C20H19N3O. The number of H-pyrrole nitrogens is 1. The van der Waals surface area contributed by atoms with Crippen molar-refractivity contribution in [1.82, 2.24) is 15.3 Å². The molecule has 0 bridgehead atoms. The summed E-state index contributed by atoms with van der Waals surface area (Å²) < 4.78 is 0. The van der Waals surface area contributed by atoms with Crippen LogP contribution in [0.5, 0.6) is 0 Å². The number of nitrogens with one attached hydrogen (secondary N) is 2. The van der Waals surface area contributed by atoms with Gasteiger partial charge >= 0.3 is 0 Å². The van der Waals surface area contributed by atoms with Crippen LogP contribution >= 0.6 is 0 Å². The van der Waals surface area contributed by atoms with Gasteiger partial charge in [0, 0.05) is 42.5 Å². The van der Waals surface area contributed by atoms with Crippen molar-refractivity contribution in [2.45, 2.75) is 19.8 Å². The molecule has 3 heterocycles. The van der Waals surface area contributed by atoms with Gasteiger partial charge in [-0.3, -0.25) is 9.78 Å². The van der Waals surface area contributed by atoms with E-state index in [2.05, 4.69) is 33.5 Å². The molecule has 0 fully saturated rings. The summed E-state index contributed by atoms with van der Waals surface area (Å²) in [7, 11) is 0. The van der Waals surface area contributed by atoms with Gasteiger partial charge < -0.3 is 10.3 Å². The van der Waals surface area contributed by atoms with Gasteiger partial charge in [0.2, 0.25) is 0 Å². The molecule has 0 unspecified atom stereocenters. The first-order valence-electron chi connectivity index (χ1n) is 8.21. The summed E-state index contributed by atoms with van der Waals surface area (Å²) in [5.74, 6) is 0.0236. The number of carbonyl (C=O) groups is 1. The molecule has 1 aliphatic heterocycles. The molecule has 0 atom stereocenters. The van der Waals surface area contributed by atoms with Crippen molar-refractivity contribution < 1.29 is 4.79 Å². The number of aromatic amines is 1. The Bertz CT molecular complexity index is 897. The van der Waals surface area contributed by atoms with Gasteiger partial charge in [-0.1, -0.05) is 30.3 Å². The SMILES string of the molecule is Cc1cc(-c2[nH]c3c(c2Cc2ccccc2)C(=O)NCC3)ccn1. The number of pyridine rings is 1. The molecule has 0 aliphatic carbocycles. The van der Waals surface area contributed by atoms with Crippen LogP contribution in [0.15, 0.2) is 48.7 Å². The van der Waals surface area contributed by atoms with Crippen LogP contribution in [0.4, 0.5) is 0 Å². The minimum Gasteiger partial charge on any atom is -0.357 e. The molecule has 2 N–H and O–H groups in total.